The van der Waals surface area contributed by atoms with E-state index in [2.05, 4.69) is 15.4 Å². The van der Waals surface area contributed by atoms with E-state index >= 15 is 0 Å². The van der Waals surface area contributed by atoms with Crippen molar-refractivity contribution in [2.24, 2.45) is 0 Å². The van der Waals surface area contributed by atoms with E-state index < -0.39 is 35.3 Å². The second-order valence-corrected chi connectivity index (χ2v) is 6.38. The highest BCUT2D eigenvalue weighted by Gasteiger charge is 2.41. The van der Waals surface area contributed by atoms with Crippen molar-refractivity contribution in [3.8, 4) is 17.2 Å². The van der Waals surface area contributed by atoms with Crippen molar-refractivity contribution in [2.75, 3.05) is 31.5 Å². The zero-order chi connectivity index (χ0) is 23.2. The lowest BCUT2D eigenvalue weighted by atomic mass is 10.2. The summed E-state index contributed by atoms with van der Waals surface area (Å²) in [6.07, 6.45) is -3.94. The number of rotatable bonds is 9. The molecule has 0 atom stereocenters. The van der Waals surface area contributed by atoms with Gasteiger partial charge in [0.1, 0.15) is 5.75 Å². The Hall–Kier alpha value is -3.35. The number of hydrogen-bond donors (Lipinski definition) is 2. The lowest BCUT2D eigenvalue weighted by Crippen LogP contribution is -2.33. The Labute approximate surface area is 179 Å². The molecule has 0 aromatic heterocycles. The first-order valence-electron chi connectivity index (χ1n) is 8.44. The van der Waals surface area contributed by atoms with Gasteiger partial charge in [0, 0.05) is 23.9 Å². The minimum Gasteiger partial charge on any atom is -0.493 e. The Kier molecular flexibility index (Phi) is 7.80. The minimum absolute atomic E-state index is 0.00317. The number of nitro benzene ring substituents is 1. The molecular weight excluding hydrogens is 446 g/mol. The van der Waals surface area contributed by atoms with Gasteiger partial charge in [-0.15, -0.1) is 0 Å². The first-order chi connectivity index (χ1) is 14.6. The first kappa shape index (κ1) is 23.9. The van der Waals surface area contributed by atoms with Crippen molar-refractivity contribution in [3.05, 3.63) is 46.5 Å². The Morgan fingerprint density at radius 2 is 1.74 bits per heavy atom. The largest absolute Gasteiger partial charge is 0.493 e. The molecule has 2 rings (SSSR count). The molecule has 2 aromatic carbocycles. The summed E-state index contributed by atoms with van der Waals surface area (Å²) in [6, 6.07) is 7.84. The van der Waals surface area contributed by atoms with Crippen LogP contribution in [-0.2, 0) is 0 Å². The molecule has 0 saturated carbocycles. The van der Waals surface area contributed by atoms with Crippen LogP contribution in [0, 0.1) is 10.1 Å². The van der Waals surface area contributed by atoms with Crippen LogP contribution in [0.1, 0.15) is 0 Å². The molecule has 0 heterocycles. The molecule has 0 radical (unpaired) electrons. The number of non-ortho nitro benzene ring substituents is 1. The van der Waals surface area contributed by atoms with Gasteiger partial charge in [0.2, 0.25) is 0 Å². The molecule has 0 spiro atoms. The fourth-order valence-electron chi connectivity index (χ4n) is 2.29. The number of methoxy groups -OCH3 is 2. The van der Waals surface area contributed by atoms with Crippen LogP contribution in [-0.4, -0.2) is 43.2 Å². The van der Waals surface area contributed by atoms with Gasteiger partial charge in [-0.2, -0.15) is 8.78 Å². The normalized spacial score (nSPS) is 11.1. The van der Waals surface area contributed by atoms with Gasteiger partial charge in [-0.3, -0.25) is 10.1 Å². The Morgan fingerprint density at radius 3 is 2.32 bits per heavy atom. The molecule has 0 aliphatic rings. The van der Waals surface area contributed by atoms with E-state index in [9.17, 15) is 27.7 Å². The monoisotopic (exact) mass is 463 g/mol. The number of thiocarbonyl (C=S) groups is 1. The van der Waals surface area contributed by atoms with Gasteiger partial charge in [0.25, 0.3) is 5.69 Å². The van der Waals surface area contributed by atoms with Crippen molar-refractivity contribution in [1.82, 2.24) is 0 Å². The van der Waals surface area contributed by atoms with Gasteiger partial charge in [0.05, 0.1) is 30.9 Å². The highest BCUT2D eigenvalue weighted by Crippen LogP contribution is 2.31. The number of nitrogens with zero attached hydrogens (tertiary/aromatic N) is 1. The van der Waals surface area contributed by atoms with E-state index in [-0.39, 0.29) is 10.8 Å². The van der Waals surface area contributed by atoms with Crippen molar-refractivity contribution < 1.29 is 36.7 Å². The zero-order valence-corrected chi connectivity index (χ0v) is 17.0. The summed E-state index contributed by atoms with van der Waals surface area (Å²) in [6.45, 7) is -1.65. The fraction of sp³-hybridized carbons (Fsp3) is 0.278. The average molecular weight is 463 g/mol. The maximum Gasteiger partial charge on any atom is 0.340 e. The molecule has 0 saturated heterocycles. The standard InChI is InChI=1S/C18H17F4N3O5S/c1-28-14-4-3-10(7-15(14)29-2)23-17(31)24-11-5-12(25(26)27)8-13(6-11)30-9-18(21,22)16(19)20/h3-8,16H,9H2,1-2H3,(H2,23,24,31). The molecule has 0 bridgehead atoms. The number of alkyl halides is 4. The summed E-state index contributed by atoms with van der Waals surface area (Å²) in [5.41, 5.74) is -0.00884. The molecule has 8 nitrogen and oxygen atoms in total. The zero-order valence-electron chi connectivity index (χ0n) is 16.2. The summed E-state index contributed by atoms with van der Waals surface area (Å²) in [5.74, 6) is -3.93. The minimum atomic E-state index is -4.41. The third-order valence-electron chi connectivity index (χ3n) is 3.75. The lowest BCUT2D eigenvalue weighted by molar-refractivity contribution is -0.384. The molecule has 0 unspecified atom stereocenters. The Morgan fingerprint density at radius 1 is 1.10 bits per heavy atom. The lowest BCUT2D eigenvalue weighted by Gasteiger charge is -2.17. The molecular formula is C18H17F4N3O5S. The third kappa shape index (κ3) is 6.57. The quantitative estimate of drug-likeness (QED) is 0.239. The molecule has 0 aliphatic carbocycles. The summed E-state index contributed by atoms with van der Waals surface area (Å²) in [5, 5.41) is 16.6. The Bertz CT molecular complexity index is 962. The van der Waals surface area contributed by atoms with Gasteiger partial charge < -0.3 is 24.8 Å². The van der Waals surface area contributed by atoms with Crippen LogP contribution >= 0.6 is 12.2 Å². The first-order valence-corrected chi connectivity index (χ1v) is 8.85. The molecule has 13 heteroatoms. The van der Waals surface area contributed by atoms with Crippen molar-refractivity contribution in [1.29, 1.82) is 0 Å². The number of benzene rings is 2. The Balaban J connectivity index is 2.17. The molecule has 0 aliphatic heterocycles. The third-order valence-corrected chi connectivity index (χ3v) is 3.96. The van der Waals surface area contributed by atoms with Gasteiger partial charge >= 0.3 is 12.3 Å². The second-order valence-electron chi connectivity index (χ2n) is 5.97. The van der Waals surface area contributed by atoms with E-state index in [0.29, 0.717) is 17.2 Å². The number of nitro groups is 1. The maximum absolute atomic E-state index is 13.1. The van der Waals surface area contributed by atoms with Gasteiger partial charge in [-0.05, 0) is 24.4 Å². The van der Waals surface area contributed by atoms with E-state index in [1.807, 2.05) is 0 Å². The van der Waals surface area contributed by atoms with E-state index in [4.69, 9.17) is 21.7 Å². The van der Waals surface area contributed by atoms with Crippen LogP contribution < -0.4 is 24.8 Å². The molecule has 0 fully saturated rings. The average Bonchev–Trinajstić information content (AvgIpc) is 2.71. The van der Waals surface area contributed by atoms with Crippen LogP contribution in [0.15, 0.2) is 36.4 Å². The van der Waals surface area contributed by atoms with Crippen molar-refractivity contribution >= 4 is 34.4 Å². The van der Waals surface area contributed by atoms with Crippen LogP contribution in [0.3, 0.4) is 0 Å². The second kappa shape index (κ2) is 10.1. The van der Waals surface area contributed by atoms with E-state index in [1.54, 1.807) is 18.2 Å². The van der Waals surface area contributed by atoms with Gasteiger partial charge in [-0.25, -0.2) is 8.78 Å². The van der Waals surface area contributed by atoms with Crippen molar-refractivity contribution in [3.63, 3.8) is 0 Å². The smallest absolute Gasteiger partial charge is 0.340 e. The maximum atomic E-state index is 13.1. The number of hydrogen-bond acceptors (Lipinski definition) is 6. The van der Waals surface area contributed by atoms with Crippen molar-refractivity contribution in [2.45, 2.75) is 12.3 Å². The number of nitrogens with one attached hydrogen (secondary N) is 2. The number of ether oxygens (including phenoxy) is 3. The fourth-order valence-corrected chi connectivity index (χ4v) is 2.53. The van der Waals surface area contributed by atoms with Gasteiger partial charge in [0.15, 0.2) is 23.2 Å². The highest BCUT2D eigenvalue weighted by molar-refractivity contribution is 7.80. The summed E-state index contributed by atoms with van der Waals surface area (Å²) < 4.78 is 65.7. The van der Waals surface area contributed by atoms with E-state index in [1.165, 1.54) is 14.2 Å². The number of halogens is 4. The predicted octanol–water partition coefficient (Wildman–Crippen LogP) is 4.70. The van der Waals surface area contributed by atoms with Crippen LogP contribution in [0.5, 0.6) is 17.2 Å². The predicted molar refractivity (Wildman–Crippen MR) is 109 cm³/mol. The summed E-state index contributed by atoms with van der Waals surface area (Å²) in [4.78, 5) is 10.3. The topological polar surface area (TPSA) is 94.9 Å². The van der Waals surface area contributed by atoms with Gasteiger partial charge in [-0.1, -0.05) is 0 Å². The molecule has 0 amide bonds. The molecule has 31 heavy (non-hydrogen) atoms. The van der Waals surface area contributed by atoms with Crippen LogP contribution in [0.25, 0.3) is 0 Å². The summed E-state index contributed by atoms with van der Waals surface area (Å²) >= 11 is 5.14. The van der Waals surface area contributed by atoms with Crippen LogP contribution in [0.4, 0.5) is 34.6 Å². The highest BCUT2D eigenvalue weighted by atomic mass is 32.1. The molecule has 2 aromatic rings. The van der Waals surface area contributed by atoms with E-state index in [0.717, 1.165) is 18.2 Å². The molecule has 168 valence electrons. The summed E-state index contributed by atoms with van der Waals surface area (Å²) in [7, 11) is 2.91. The van der Waals surface area contributed by atoms with Crippen LogP contribution in [0.2, 0.25) is 0 Å². The molecule has 2 N–H and O–H groups in total. The SMILES string of the molecule is COc1ccc(NC(=S)Nc2cc(OCC(F)(F)C(F)F)cc([N+](=O)[O-])c2)cc1OC. The number of anilines is 2.